The summed E-state index contributed by atoms with van der Waals surface area (Å²) in [7, 11) is 1.89. The van der Waals surface area contributed by atoms with Gasteiger partial charge in [-0.2, -0.15) is 0 Å². The van der Waals surface area contributed by atoms with E-state index in [1.54, 1.807) is 0 Å². The molecule has 0 aromatic heterocycles. The van der Waals surface area contributed by atoms with Gasteiger partial charge in [-0.1, -0.05) is 27.2 Å². The Morgan fingerprint density at radius 1 is 1.25 bits per heavy atom. The molecule has 3 atom stereocenters. The van der Waals surface area contributed by atoms with E-state index in [-0.39, 0.29) is 5.60 Å². The van der Waals surface area contributed by atoms with Gasteiger partial charge in [0.05, 0.1) is 5.60 Å². The van der Waals surface area contributed by atoms with Crippen molar-refractivity contribution in [2.75, 3.05) is 7.11 Å². The van der Waals surface area contributed by atoms with Crippen LogP contribution in [-0.2, 0) is 4.74 Å². The van der Waals surface area contributed by atoms with Gasteiger partial charge < -0.3 is 4.74 Å². The van der Waals surface area contributed by atoms with Gasteiger partial charge >= 0.3 is 0 Å². The van der Waals surface area contributed by atoms with Gasteiger partial charge in [-0.3, -0.25) is 0 Å². The maximum absolute atomic E-state index is 5.74. The first-order valence-electron chi connectivity index (χ1n) is 5.10. The number of fused-ring (bicyclic) bond motifs is 1. The van der Waals surface area contributed by atoms with Crippen LogP contribution in [0.2, 0.25) is 0 Å². The summed E-state index contributed by atoms with van der Waals surface area (Å²) >= 11 is 0. The second-order valence-corrected chi connectivity index (χ2v) is 5.25. The highest BCUT2D eigenvalue weighted by Gasteiger charge is 2.72. The van der Waals surface area contributed by atoms with Gasteiger partial charge in [-0.25, -0.2) is 0 Å². The lowest BCUT2D eigenvalue weighted by Gasteiger charge is -2.26. The molecule has 0 aromatic carbocycles. The van der Waals surface area contributed by atoms with Crippen molar-refractivity contribution in [1.82, 2.24) is 0 Å². The van der Waals surface area contributed by atoms with E-state index in [1.807, 2.05) is 7.11 Å². The molecule has 0 spiro atoms. The van der Waals surface area contributed by atoms with Gasteiger partial charge in [-0.05, 0) is 30.1 Å². The summed E-state index contributed by atoms with van der Waals surface area (Å²) in [6.45, 7) is 7.07. The zero-order valence-corrected chi connectivity index (χ0v) is 8.68. The first-order chi connectivity index (χ1) is 5.54. The molecule has 2 aliphatic rings. The lowest BCUT2D eigenvalue weighted by molar-refractivity contribution is 0.0105. The van der Waals surface area contributed by atoms with Crippen LogP contribution in [0.4, 0.5) is 0 Å². The van der Waals surface area contributed by atoms with Crippen LogP contribution in [0, 0.1) is 17.3 Å². The van der Waals surface area contributed by atoms with Crippen LogP contribution in [0.1, 0.15) is 40.0 Å². The van der Waals surface area contributed by atoms with E-state index in [9.17, 15) is 0 Å². The SMILES string of the molecule is COC12CC(C)CCC1C2(C)C. The number of rotatable bonds is 1. The quantitative estimate of drug-likeness (QED) is 0.585. The number of hydrogen-bond donors (Lipinski definition) is 0. The van der Waals surface area contributed by atoms with Gasteiger partial charge in [-0.15, -0.1) is 0 Å². The largest absolute Gasteiger partial charge is 0.377 e. The smallest absolute Gasteiger partial charge is 0.0769 e. The van der Waals surface area contributed by atoms with Crippen LogP contribution in [0.3, 0.4) is 0 Å². The van der Waals surface area contributed by atoms with Crippen LogP contribution >= 0.6 is 0 Å². The standard InChI is InChI=1S/C11H20O/c1-8-5-6-9-10(2,3)11(9,7-8)12-4/h8-9H,5-7H2,1-4H3. The Kier molecular flexibility index (Phi) is 1.61. The maximum atomic E-state index is 5.74. The molecule has 0 heterocycles. The van der Waals surface area contributed by atoms with E-state index in [4.69, 9.17) is 4.74 Å². The average molecular weight is 168 g/mol. The van der Waals surface area contributed by atoms with E-state index in [2.05, 4.69) is 20.8 Å². The molecule has 70 valence electrons. The molecule has 1 nitrogen and oxygen atoms in total. The third kappa shape index (κ3) is 0.783. The Bertz CT molecular complexity index is 197. The Labute approximate surface area is 75.5 Å². The fraction of sp³-hybridized carbons (Fsp3) is 1.00. The molecule has 0 saturated heterocycles. The Morgan fingerprint density at radius 3 is 2.42 bits per heavy atom. The molecule has 2 fully saturated rings. The summed E-state index contributed by atoms with van der Waals surface area (Å²) in [4.78, 5) is 0. The van der Waals surface area contributed by atoms with E-state index in [0.29, 0.717) is 5.41 Å². The van der Waals surface area contributed by atoms with Crippen LogP contribution in [-0.4, -0.2) is 12.7 Å². The zero-order chi connectivity index (χ0) is 8.98. The molecule has 2 saturated carbocycles. The molecule has 12 heavy (non-hydrogen) atoms. The Balaban J connectivity index is 2.19. The van der Waals surface area contributed by atoms with Crippen molar-refractivity contribution in [2.24, 2.45) is 17.3 Å². The lowest BCUT2D eigenvalue weighted by Crippen LogP contribution is -2.25. The molecule has 2 rings (SSSR count). The number of hydrogen-bond acceptors (Lipinski definition) is 1. The van der Waals surface area contributed by atoms with Crippen LogP contribution in [0.25, 0.3) is 0 Å². The topological polar surface area (TPSA) is 9.23 Å². The van der Waals surface area contributed by atoms with Crippen molar-refractivity contribution in [3.05, 3.63) is 0 Å². The van der Waals surface area contributed by atoms with Crippen molar-refractivity contribution >= 4 is 0 Å². The van der Waals surface area contributed by atoms with Crippen LogP contribution < -0.4 is 0 Å². The minimum Gasteiger partial charge on any atom is -0.377 e. The molecule has 0 amide bonds. The van der Waals surface area contributed by atoms with Crippen molar-refractivity contribution in [1.29, 1.82) is 0 Å². The predicted octanol–water partition coefficient (Wildman–Crippen LogP) is 2.85. The molecule has 0 N–H and O–H groups in total. The minimum absolute atomic E-state index is 0.255. The van der Waals surface area contributed by atoms with Gasteiger partial charge in [0.1, 0.15) is 0 Å². The molecule has 2 aliphatic carbocycles. The maximum Gasteiger partial charge on any atom is 0.0769 e. The van der Waals surface area contributed by atoms with E-state index in [1.165, 1.54) is 19.3 Å². The molecule has 0 aliphatic heterocycles. The normalized spacial score (nSPS) is 50.0. The first-order valence-corrected chi connectivity index (χ1v) is 5.10. The van der Waals surface area contributed by atoms with Gasteiger partial charge in [0.15, 0.2) is 0 Å². The Hall–Kier alpha value is -0.0400. The van der Waals surface area contributed by atoms with Crippen LogP contribution in [0.15, 0.2) is 0 Å². The highest BCUT2D eigenvalue weighted by Crippen LogP contribution is 2.70. The fourth-order valence-electron chi connectivity index (χ4n) is 3.48. The molecule has 0 radical (unpaired) electrons. The third-order valence-electron chi connectivity index (χ3n) is 4.41. The van der Waals surface area contributed by atoms with Crippen molar-refractivity contribution in [3.8, 4) is 0 Å². The van der Waals surface area contributed by atoms with Crippen molar-refractivity contribution in [3.63, 3.8) is 0 Å². The number of methoxy groups -OCH3 is 1. The summed E-state index contributed by atoms with van der Waals surface area (Å²) in [5, 5.41) is 0. The summed E-state index contributed by atoms with van der Waals surface area (Å²) in [5.41, 5.74) is 0.706. The molecular weight excluding hydrogens is 148 g/mol. The lowest BCUT2D eigenvalue weighted by atomic mass is 9.88. The third-order valence-corrected chi connectivity index (χ3v) is 4.41. The van der Waals surface area contributed by atoms with Gasteiger partial charge in [0.25, 0.3) is 0 Å². The van der Waals surface area contributed by atoms with Crippen LogP contribution in [0.5, 0.6) is 0 Å². The monoisotopic (exact) mass is 168 g/mol. The summed E-state index contributed by atoms with van der Waals surface area (Å²) in [6.07, 6.45) is 4.06. The van der Waals surface area contributed by atoms with E-state index < -0.39 is 0 Å². The molecular formula is C11H20O. The second kappa shape index (κ2) is 2.25. The van der Waals surface area contributed by atoms with Crippen molar-refractivity contribution in [2.45, 2.75) is 45.6 Å². The van der Waals surface area contributed by atoms with Crippen molar-refractivity contribution < 1.29 is 4.74 Å². The van der Waals surface area contributed by atoms with Gasteiger partial charge in [0, 0.05) is 7.11 Å². The molecule has 0 bridgehead atoms. The van der Waals surface area contributed by atoms with E-state index >= 15 is 0 Å². The fourth-order valence-corrected chi connectivity index (χ4v) is 3.48. The summed E-state index contributed by atoms with van der Waals surface area (Å²) in [6, 6.07) is 0. The minimum atomic E-state index is 0.255. The highest BCUT2D eigenvalue weighted by atomic mass is 16.5. The average Bonchev–Trinajstić information content (AvgIpc) is 2.49. The summed E-state index contributed by atoms with van der Waals surface area (Å²) < 4.78 is 5.74. The van der Waals surface area contributed by atoms with Gasteiger partial charge in [0.2, 0.25) is 0 Å². The van der Waals surface area contributed by atoms with E-state index in [0.717, 1.165) is 11.8 Å². The summed E-state index contributed by atoms with van der Waals surface area (Å²) in [5.74, 6) is 1.70. The molecule has 1 heteroatoms. The zero-order valence-electron chi connectivity index (χ0n) is 8.68. The first kappa shape index (κ1) is 8.55. The predicted molar refractivity (Wildman–Crippen MR) is 50.0 cm³/mol. The number of ether oxygens (including phenoxy) is 1. The molecule has 0 aromatic rings. The molecule has 3 unspecified atom stereocenters. The Morgan fingerprint density at radius 2 is 1.92 bits per heavy atom. The second-order valence-electron chi connectivity index (χ2n) is 5.25. The highest BCUT2D eigenvalue weighted by molar-refractivity contribution is 5.21.